The largest absolute Gasteiger partial charge is 0.258 e. The second kappa shape index (κ2) is 4.40. The van der Waals surface area contributed by atoms with E-state index in [1.807, 2.05) is 0 Å². The van der Waals surface area contributed by atoms with Gasteiger partial charge in [-0.2, -0.15) is 0 Å². The summed E-state index contributed by atoms with van der Waals surface area (Å²) in [5.41, 5.74) is 3.80. The maximum atomic E-state index is 4.59. The van der Waals surface area contributed by atoms with E-state index in [-0.39, 0.29) is 0 Å². The minimum atomic E-state index is 0.536. The van der Waals surface area contributed by atoms with Gasteiger partial charge < -0.3 is 0 Å². The minimum absolute atomic E-state index is 0.536. The normalized spacial score (nSPS) is 10.8. The van der Waals surface area contributed by atoms with E-state index in [2.05, 4.69) is 44.8 Å². The Bertz CT molecular complexity index is 276. The van der Waals surface area contributed by atoms with Crippen LogP contribution in [0, 0.1) is 6.92 Å². The Balaban J connectivity index is 2.92. The lowest BCUT2D eigenvalue weighted by Gasteiger charge is -2.08. The molecule has 0 aliphatic heterocycles. The first-order valence-corrected chi connectivity index (χ1v) is 5.11. The second-order valence-electron chi connectivity index (χ2n) is 3.89. The molecule has 0 unspecified atom stereocenters. The molecule has 1 heteroatoms. The molecule has 0 aliphatic rings. The maximum absolute atomic E-state index is 4.59. The van der Waals surface area contributed by atoms with Crippen LogP contribution in [0.2, 0.25) is 0 Å². The summed E-state index contributed by atoms with van der Waals surface area (Å²) in [5.74, 6) is 0.536. The number of rotatable bonds is 3. The zero-order valence-electron chi connectivity index (χ0n) is 9.09. The third-order valence-corrected chi connectivity index (χ3v) is 2.33. The lowest BCUT2D eigenvalue weighted by molar-refractivity contribution is 0.802. The van der Waals surface area contributed by atoms with Crippen molar-refractivity contribution < 1.29 is 0 Å². The molecule has 1 rings (SSSR count). The molecule has 13 heavy (non-hydrogen) atoms. The molecule has 0 atom stereocenters. The molecular formula is C12H19N. The Kier molecular flexibility index (Phi) is 3.47. The van der Waals surface area contributed by atoms with E-state index < -0.39 is 0 Å². The van der Waals surface area contributed by atoms with Gasteiger partial charge in [-0.25, -0.2) is 0 Å². The van der Waals surface area contributed by atoms with Crippen LogP contribution < -0.4 is 0 Å². The summed E-state index contributed by atoms with van der Waals surface area (Å²) in [7, 11) is 0. The van der Waals surface area contributed by atoms with Crippen LogP contribution in [0.1, 0.15) is 50.1 Å². The lowest BCUT2D eigenvalue weighted by Crippen LogP contribution is -1.98. The molecule has 1 heterocycles. The third-order valence-electron chi connectivity index (χ3n) is 2.33. The molecule has 0 spiro atoms. The number of pyridine rings is 1. The zero-order chi connectivity index (χ0) is 9.84. The molecule has 0 bridgehead atoms. The number of hydrogen-bond acceptors (Lipinski definition) is 1. The lowest BCUT2D eigenvalue weighted by atomic mass is 10.0. The van der Waals surface area contributed by atoms with Crippen molar-refractivity contribution in [3.8, 4) is 0 Å². The average molecular weight is 177 g/mol. The molecule has 1 aromatic rings. The molecule has 0 N–H and O–H groups in total. The van der Waals surface area contributed by atoms with E-state index in [4.69, 9.17) is 0 Å². The van der Waals surface area contributed by atoms with Crippen LogP contribution in [0.25, 0.3) is 0 Å². The van der Waals surface area contributed by atoms with Crippen LogP contribution in [-0.2, 0) is 6.42 Å². The number of hydrogen-bond donors (Lipinski definition) is 0. The van der Waals surface area contributed by atoms with Crippen molar-refractivity contribution in [2.45, 2.75) is 46.5 Å². The van der Waals surface area contributed by atoms with Crippen molar-refractivity contribution in [2.24, 2.45) is 0 Å². The van der Waals surface area contributed by atoms with Gasteiger partial charge in [-0.3, -0.25) is 4.98 Å². The molecule has 0 fully saturated rings. The summed E-state index contributed by atoms with van der Waals surface area (Å²) in [6.07, 6.45) is 2.35. The SMILES string of the molecule is CCCc1ccc(C(C)C)nc1C. The zero-order valence-corrected chi connectivity index (χ0v) is 9.09. The summed E-state index contributed by atoms with van der Waals surface area (Å²) >= 11 is 0. The predicted octanol–water partition coefficient (Wildman–Crippen LogP) is 3.47. The van der Waals surface area contributed by atoms with Crippen LogP contribution in [0.3, 0.4) is 0 Å². The summed E-state index contributed by atoms with van der Waals surface area (Å²) in [5, 5.41) is 0. The Morgan fingerprint density at radius 1 is 1.31 bits per heavy atom. The van der Waals surface area contributed by atoms with Crippen LogP contribution in [0.4, 0.5) is 0 Å². The summed E-state index contributed by atoms with van der Waals surface area (Å²) in [6, 6.07) is 4.38. The van der Waals surface area contributed by atoms with Gasteiger partial charge in [-0.15, -0.1) is 0 Å². The summed E-state index contributed by atoms with van der Waals surface area (Å²) in [6.45, 7) is 8.68. The van der Waals surface area contributed by atoms with Crippen LogP contribution in [0.15, 0.2) is 12.1 Å². The van der Waals surface area contributed by atoms with Gasteiger partial charge in [0.15, 0.2) is 0 Å². The number of nitrogens with zero attached hydrogens (tertiary/aromatic N) is 1. The maximum Gasteiger partial charge on any atom is 0.0432 e. The number of aryl methyl sites for hydroxylation is 2. The van der Waals surface area contributed by atoms with Crippen LogP contribution >= 0.6 is 0 Å². The molecule has 0 saturated heterocycles. The van der Waals surface area contributed by atoms with Gasteiger partial charge in [-0.05, 0) is 30.9 Å². The van der Waals surface area contributed by atoms with Gasteiger partial charge in [0.25, 0.3) is 0 Å². The minimum Gasteiger partial charge on any atom is -0.258 e. The van der Waals surface area contributed by atoms with E-state index in [9.17, 15) is 0 Å². The van der Waals surface area contributed by atoms with Gasteiger partial charge in [0.05, 0.1) is 0 Å². The Hall–Kier alpha value is -0.850. The van der Waals surface area contributed by atoms with Gasteiger partial charge in [0.1, 0.15) is 0 Å². The summed E-state index contributed by atoms with van der Waals surface area (Å²) in [4.78, 5) is 4.59. The van der Waals surface area contributed by atoms with Gasteiger partial charge in [-0.1, -0.05) is 33.3 Å². The highest BCUT2D eigenvalue weighted by Crippen LogP contribution is 2.15. The van der Waals surface area contributed by atoms with Crippen LogP contribution in [0.5, 0.6) is 0 Å². The Morgan fingerprint density at radius 2 is 2.00 bits per heavy atom. The average Bonchev–Trinajstić information content (AvgIpc) is 2.08. The standard InChI is InChI=1S/C12H19N/c1-5-6-11-7-8-12(9(2)3)13-10(11)4/h7-9H,5-6H2,1-4H3. The highest BCUT2D eigenvalue weighted by Gasteiger charge is 2.03. The van der Waals surface area contributed by atoms with Crippen LogP contribution in [-0.4, -0.2) is 4.98 Å². The number of aromatic nitrogens is 1. The Labute approximate surface area is 81.2 Å². The second-order valence-corrected chi connectivity index (χ2v) is 3.89. The topological polar surface area (TPSA) is 12.9 Å². The molecule has 0 saturated carbocycles. The molecular weight excluding hydrogens is 158 g/mol. The fourth-order valence-electron chi connectivity index (χ4n) is 1.46. The molecule has 72 valence electrons. The van der Waals surface area contributed by atoms with E-state index >= 15 is 0 Å². The quantitative estimate of drug-likeness (QED) is 0.689. The van der Waals surface area contributed by atoms with Gasteiger partial charge >= 0.3 is 0 Å². The molecule has 1 nitrogen and oxygen atoms in total. The highest BCUT2D eigenvalue weighted by atomic mass is 14.7. The first kappa shape index (κ1) is 10.2. The molecule has 0 aromatic carbocycles. The summed E-state index contributed by atoms with van der Waals surface area (Å²) < 4.78 is 0. The van der Waals surface area contributed by atoms with E-state index in [1.165, 1.54) is 23.4 Å². The van der Waals surface area contributed by atoms with Crippen molar-refractivity contribution in [1.29, 1.82) is 0 Å². The molecule has 1 aromatic heterocycles. The van der Waals surface area contributed by atoms with Crippen molar-refractivity contribution in [3.63, 3.8) is 0 Å². The van der Waals surface area contributed by atoms with E-state index in [0.29, 0.717) is 5.92 Å². The monoisotopic (exact) mass is 177 g/mol. The fourth-order valence-corrected chi connectivity index (χ4v) is 1.46. The highest BCUT2D eigenvalue weighted by molar-refractivity contribution is 5.23. The fraction of sp³-hybridized carbons (Fsp3) is 0.583. The first-order valence-electron chi connectivity index (χ1n) is 5.11. The third kappa shape index (κ3) is 2.55. The molecule has 0 aliphatic carbocycles. The van der Waals surface area contributed by atoms with E-state index in [0.717, 1.165) is 6.42 Å². The van der Waals surface area contributed by atoms with Crippen molar-refractivity contribution in [2.75, 3.05) is 0 Å². The van der Waals surface area contributed by atoms with Gasteiger partial charge in [0, 0.05) is 11.4 Å². The predicted molar refractivity (Wildman–Crippen MR) is 57.1 cm³/mol. The smallest absolute Gasteiger partial charge is 0.0432 e. The molecule has 0 radical (unpaired) electrons. The molecule has 0 amide bonds. The van der Waals surface area contributed by atoms with Crippen molar-refractivity contribution in [1.82, 2.24) is 4.98 Å². The van der Waals surface area contributed by atoms with E-state index in [1.54, 1.807) is 0 Å². The van der Waals surface area contributed by atoms with Crippen molar-refractivity contribution >= 4 is 0 Å². The Morgan fingerprint density at radius 3 is 2.46 bits per heavy atom. The van der Waals surface area contributed by atoms with Gasteiger partial charge in [0.2, 0.25) is 0 Å². The first-order chi connectivity index (χ1) is 6.15. The van der Waals surface area contributed by atoms with Crippen molar-refractivity contribution in [3.05, 3.63) is 29.1 Å².